The highest BCUT2D eigenvalue weighted by molar-refractivity contribution is 14.1. The Hall–Kier alpha value is -0.170. The molecule has 1 aliphatic heterocycles. The lowest BCUT2D eigenvalue weighted by atomic mass is 9.73. The van der Waals surface area contributed by atoms with E-state index in [2.05, 4.69) is 52.3 Å². The fraction of sp³-hybridized carbons (Fsp3) is 0.647. The molecule has 1 saturated heterocycles. The van der Waals surface area contributed by atoms with Gasteiger partial charge in [-0.2, -0.15) is 0 Å². The maximum absolute atomic E-state index is 6.23. The quantitative estimate of drug-likeness (QED) is 0.459. The van der Waals surface area contributed by atoms with Crippen LogP contribution in [0.25, 0.3) is 0 Å². The summed E-state index contributed by atoms with van der Waals surface area (Å²) in [5, 5.41) is 0. The summed E-state index contributed by atoms with van der Waals surface area (Å²) in [6.45, 7) is 0.881. The molecular formula is C17H25IN2O. The number of nitrogens with two attached hydrogens (primary N) is 1. The molecule has 0 bridgehead atoms. The first-order chi connectivity index (χ1) is 10.2. The van der Waals surface area contributed by atoms with Crippen molar-refractivity contribution in [2.45, 2.75) is 56.6 Å². The van der Waals surface area contributed by atoms with Crippen LogP contribution in [0.5, 0.6) is 0 Å². The fourth-order valence-corrected chi connectivity index (χ4v) is 4.82. The summed E-state index contributed by atoms with van der Waals surface area (Å²) in [5.74, 6) is 6.50. The Morgan fingerprint density at radius 2 is 2.00 bits per heavy atom. The summed E-state index contributed by atoms with van der Waals surface area (Å²) in [6, 6.07) is 8.80. The summed E-state index contributed by atoms with van der Waals surface area (Å²) >= 11 is 2.41. The van der Waals surface area contributed by atoms with Crippen molar-refractivity contribution in [2.24, 2.45) is 11.8 Å². The van der Waals surface area contributed by atoms with E-state index in [0.29, 0.717) is 5.92 Å². The molecule has 0 radical (unpaired) electrons. The monoisotopic (exact) mass is 400 g/mol. The molecule has 3 nitrogen and oxygen atoms in total. The number of halogens is 1. The van der Waals surface area contributed by atoms with Crippen molar-refractivity contribution >= 4 is 22.6 Å². The molecule has 2 aliphatic rings. The number of ether oxygens (including phenoxy) is 1. The zero-order valence-electron chi connectivity index (χ0n) is 12.5. The minimum absolute atomic E-state index is 0.135. The van der Waals surface area contributed by atoms with Gasteiger partial charge in [0.2, 0.25) is 0 Å². The Labute approximate surface area is 141 Å². The molecule has 1 aromatic rings. The SMILES string of the molecule is NNC(c1ccccc1I)C1CCOC2(CCCCC2)C1. The van der Waals surface area contributed by atoms with Gasteiger partial charge in [0, 0.05) is 10.2 Å². The van der Waals surface area contributed by atoms with Gasteiger partial charge in [-0.05, 0) is 65.8 Å². The average molecular weight is 400 g/mol. The van der Waals surface area contributed by atoms with Gasteiger partial charge in [0.05, 0.1) is 11.6 Å². The van der Waals surface area contributed by atoms with Gasteiger partial charge in [0.1, 0.15) is 0 Å². The minimum Gasteiger partial charge on any atom is -0.375 e. The zero-order chi connectivity index (χ0) is 14.7. The highest BCUT2D eigenvalue weighted by Crippen LogP contribution is 2.44. The summed E-state index contributed by atoms with van der Waals surface area (Å²) in [7, 11) is 0. The lowest BCUT2D eigenvalue weighted by Crippen LogP contribution is -2.46. The van der Waals surface area contributed by atoms with Crippen LogP contribution in [0.15, 0.2) is 24.3 Å². The first kappa shape index (κ1) is 15.7. The molecule has 0 aromatic heterocycles. The molecule has 3 rings (SSSR count). The third-order valence-corrected chi connectivity index (χ3v) is 6.17. The topological polar surface area (TPSA) is 47.3 Å². The Morgan fingerprint density at radius 3 is 2.71 bits per heavy atom. The number of hydrazine groups is 1. The smallest absolute Gasteiger partial charge is 0.0686 e. The molecule has 4 heteroatoms. The van der Waals surface area contributed by atoms with Gasteiger partial charge >= 0.3 is 0 Å². The third kappa shape index (κ3) is 3.44. The average Bonchev–Trinajstić information content (AvgIpc) is 2.51. The second-order valence-corrected chi connectivity index (χ2v) is 7.67. The van der Waals surface area contributed by atoms with E-state index < -0.39 is 0 Å². The first-order valence-electron chi connectivity index (χ1n) is 8.09. The molecule has 116 valence electrons. The number of hydrogen-bond donors (Lipinski definition) is 2. The third-order valence-electron chi connectivity index (χ3n) is 5.19. The second kappa shape index (κ2) is 6.94. The van der Waals surface area contributed by atoms with Crippen molar-refractivity contribution in [3.8, 4) is 0 Å². The van der Waals surface area contributed by atoms with Gasteiger partial charge in [-0.3, -0.25) is 11.3 Å². The lowest BCUT2D eigenvalue weighted by Gasteiger charge is -2.45. The van der Waals surface area contributed by atoms with E-state index in [1.54, 1.807) is 0 Å². The lowest BCUT2D eigenvalue weighted by molar-refractivity contribution is -0.122. The number of nitrogens with one attached hydrogen (secondary N) is 1. The number of benzene rings is 1. The minimum atomic E-state index is 0.135. The van der Waals surface area contributed by atoms with Crippen molar-refractivity contribution in [1.82, 2.24) is 5.43 Å². The molecule has 21 heavy (non-hydrogen) atoms. The van der Waals surface area contributed by atoms with Crippen molar-refractivity contribution in [2.75, 3.05) is 6.61 Å². The van der Waals surface area contributed by atoms with E-state index in [4.69, 9.17) is 10.6 Å². The zero-order valence-corrected chi connectivity index (χ0v) is 14.6. The van der Waals surface area contributed by atoms with Crippen LogP contribution in [0.1, 0.15) is 56.6 Å². The van der Waals surface area contributed by atoms with Crippen LogP contribution in [-0.2, 0) is 4.74 Å². The van der Waals surface area contributed by atoms with Crippen LogP contribution < -0.4 is 11.3 Å². The Balaban J connectivity index is 1.79. The summed E-state index contributed by atoms with van der Waals surface area (Å²) in [4.78, 5) is 0. The van der Waals surface area contributed by atoms with Crippen LogP contribution >= 0.6 is 22.6 Å². The van der Waals surface area contributed by atoms with Crippen LogP contribution in [0.3, 0.4) is 0 Å². The van der Waals surface area contributed by atoms with Crippen molar-refractivity contribution < 1.29 is 4.74 Å². The molecule has 1 heterocycles. The predicted octanol–water partition coefficient (Wildman–Crippen LogP) is 3.93. The normalized spacial score (nSPS) is 26.7. The highest BCUT2D eigenvalue weighted by atomic mass is 127. The molecule has 3 N–H and O–H groups in total. The Kier molecular flexibility index (Phi) is 5.19. The second-order valence-electron chi connectivity index (χ2n) is 6.51. The van der Waals surface area contributed by atoms with Crippen LogP contribution in [-0.4, -0.2) is 12.2 Å². The Bertz CT molecular complexity index is 468. The van der Waals surface area contributed by atoms with Crippen LogP contribution in [0.4, 0.5) is 0 Å². The maximum atomic E-state index is 6.23. The van der Waals surface area contributed by atoms with E-state index in [1.165, 1.54) is 41.2 Å². The van der Waals surface area contributed by atoms with Crippen molar-refractivity contribution in [1.29, 1.82) is 0 Å². The van der Waals surface area contributed by atoms with Gasteiger partial charge < -0.3 is 4.74 Å². The van der Waals surface area contributed by atoms with Gasteiger partial charge in [-0.25, -0.2) is 0 Å². The summed E-state index contributed by atoms with van der Waals surface area (Å²) < 4.78 is 7.52. The van der Waals surface area contributed by atoms with Gasteiger partial charge in [0.15, 0.2) is 0 Å². The van der Waals surface area contributed by atoms with Crippen molar-refractivity contribution in [3.05, 3.63) is 33.4 Å². The predicted molar refractivity (Wildman–Crippen MR) is 93.7 cm³/mol. The number of rotatable bonds is 3. The van der Waals surface area contributed by atoms with E-state index in [-0.39, 0.29) is 11.6 Å². The highest BCUT2D eigenvalue weighted by Gasteiger charge is 2.41. The van der Waals surface area contributed by atoms with Crippen LogP contribution in [0, 0.1) is 9.49 Å². The van der Waals surface area contributed by atoms with Crippen molar-refractivity contribution in [3.63, 3.8) is 0 Å². The maximum Gasteiger partial charge on any atom is 0.0686 e. The molecule has 2 unspecified atom stereocenters. The summed E-state index contributed by atoms with van der Waals surface area (Å²) in [5.41, 5.74) is 4.56. The Morgan fingerprint density at radius 1 is 1.24 bits per heavy atom. The van der Waals surface area contributed by atoms with E-state index in [0.717, 1.165) is 19.4 Å². The molecule has 1 aromatic carbocycles. The van der Waals surface area contributed by atoms with Gasteiger partial charge in [-0.1, -0.05) is 37.5 Å². The molecule has 0 amide bonds. The molecule has 1 spiro atoms. The van der Waals surface area contributed by atoms with Crippen LogP contribution in [0.2, 0.25) is 0 Å². The molecule has 1 saturated carbocycles. The van der Waals surface area contributed by atoms with Gasteiger partial charge in [-0.15, -0.1) is 0 Å². The standard InChI is InChI=1S/C17H25IN2O/c18-15-7-3-2-6-14(15)16(20-19)13-8-11-21-17(12-13)9-4-1-5-10-17/h2-3,6-7,13,16,20H,1,4-5,8-12,19H2. The fourth-order valence-electron chi connectivity index (χ4n) is 4.10. The van der Waals surface area contributed by atoms with E-state index in [9.17, 15) is 0 Å². The molecule has 2 fully saturated rings. The van der Waals surface area contributed by atoms with Gasteiger partial charge in [0.25, 0.3) is 0 Å². The first-order valence-corrected chi connectivity index (χ1v) is 9.16. The molecule has 2 atom stereocenters. The number of hydrogen-bond acceptors (Lipinski definition) is 3. The largest absolute Gasteiger partial charge is 0.375 e. The molecular weight excluding hydrogens is 375 g/mol. The van der Waals surface area contributed by atoms with E-state index in [1.807, 2.05) is 0 Å². The molecule has 1 aliphatic carbocycles. The summed E-state index contributed by atoms with van der Waals surface area (Å²) in [6.07, 6.45) is 8.70. The van der Waals surface area contributed by atoms with E-state index >= 15 is 0 Å².